The first-order chi connectivity index (χ1) is 6.24. The van der Waals surface area contributed by atoms with Crippen molar-refractivity contribution in [3.8, 4) is 0 Å². The van der Waals surface area contributed by atoms with E-state index in [4.69, 9.17) is 4.74 Å². The van der Waals surface area contributed by atoms with E-state index < -0.39 is 0 Å². The van der Waals surface area contributed by atoms with Crippen LogP contribution in [0.1, 0.15) is 17.5 Å². The van der Waals surface area contributed by atoms with Crippen LogP contribution in [0.25, 0.3) is 0 Å². The molecule has 0 aliphatic heterocycles. The van der Waals surface area contributed by atoms with Crippen LogP contribution in [-0.2, 0) is 11.3 Å². The quantitative estimate of drug-likeness (QED) is 0.783. The first kappa shape index (κ1) is 10.6. The highest BCUT2D eigenvalue weighted by Crippen LogP contribution is 2.10. The molecule has 1 rings (SSSR count). The molecule has 1 aromatic heterocycles. The highest BCUT2D eigenvalue weighted by atomic mass is 32.1. The lowest BCUT2D eigenvalue weighted by atomic mass is 10.3. The maximum Gasteiger partial charge on any atom is 0.0798 e. The Balaban J connectivity index is 2.24. The normalized spacial score (nSPS) is 13.2. The van der Waals surface area contributed by atoms with Gasteiger partial charge in [0.25, 0.3) is 0 Å². The van der Waals surface area contributed by atoms with Gasteiger partial charge < -0.3 is 10.1 Å². The summed E-state index contributed by atoms with van der Waals surface area (Å²) in [7, 11) is 1.73. The van der Waals surface area contributed by atoms with E-state index in [0.29, 0.717) is 0 Å². The Labute approximate surface area is 83.1 Å². The summed E-state index contributed by atoms with van der Waals surface area (Å²) in [5.74, 6) is 0. The number of rotatable bonds is 5. The average Bonchev–Trinajstić information content (AvgIpc) is 2.52. The van der Waals surface area contributed by atoms with E-state index in [2.05, 4.69) is 10.3 Å². The standard InChI is InChI=1S/C9H16N2OS/c1-7(12-3)4-10-5-9-8(2)11-6-13-9/h6-7,10H,4-5H2,1-3H3. The van der Waals surface area contributed by atoms with Crippen molar-refractivity contribution in [2.24, 2.45) is 0 Å². The van der Waals surface area contributed by atoms with Gasteiger partial charge in [0.1, 0.15) is 0 Å². The number of hydrogen-bond acceptors (Lipinski definition) is 4. The van der Waals surface area contributed by atoms with E-state index in [1.165, 1.54) is 4.88 Å². The van der Waals surface area contributed by atoms with E-state index in [9.17, 15) is 0 Å². The molecule has 4 heteroatoms. The average molecular weight is 200 g/mol. The van der Waals surface area contributed by atoms with Gasteiger partial charge in [-0.2, -0.15) is 0 Å². The Morgan fingerprint density at radius 3 is 3.00 bits per heavy atom. The van der Waals surface area contributed by atoms with Gasteiger partial charge in [-0.3, -0.25) is 0 Å². The van der Waals surface area contributed by atoms with Crippen LogP contribution in [0.5, 0.6) is 0 Å². The molecule has 1 heterocycles. The molecule has 74 valence electrons. The van der Waals surface area contributed by atoms with Crippen molar-refractivity contribution in [1.29, 1.82) is 0 Å². The molecule has 0 saturated carbocycles. The van der Waals surface area contributed by atoms with Crippen LogP contribution >= 0.6 is 11.3 Å². The first-order valence-corrected chi connectivity index (χ1v) is 5.24. The molecule has 0 aliphatic carbocycles. The van der Waals surface area contributed by atoms with Gasteiger partial charge in [-0.25, -0.2) is 4.98 Å². The van der Waals surface area contributed by atoms with Crippen LogP contribution < -0.4 is 5.32 Å². The van der Waals surface area contributed by atoms with E-state index in [1.54, 1.807) is 18.4 Å². The molecule has 0 aliphatic rings. The third-order valence-corrected chi connectivity index (χ3v) is 2.90. The second kappa shape index (κ2) is 5.32. The molecule has 1 unspecified atom stereocenters. The first-order valence-electron chi connectivity index (χ1n) is 4.36. The van der Waals surface area contributed by atoms with E-state index in [1.807, 2.05) is 19.4 Å². The SMILES string of the molecule is COC(C)CNCc1scnc1C. The number of ether oxygens (including phenoxy) is 1. The fraction of sp³-hybridized carbons (Fsp3) is 0.667. The summed E-state index contributed by atoms with van der Waals surface area (Å²) in [6.45, 7) is 5.86. The Morgan fingerprint density at radius 2 is 2.46 bits per heavy atom. The number of methoxy groups -OCH3 is 1. The van der Waals surface area contributed by atoms with Crippen molar-refractivity contribution < 1.29 is 4.74 Å². The predicted molar refractivity (Wildman–Crippen MR) is 55.0 cm³/mol. The molecule has 0 saturated heterocycles. The summed E-state index contributed by atoms with van der Waals surface area (Å²) in [5.41, 5.74) is 3.01. The lowest BCUT2D eigenvalue weighted by molar-refractivity contribution is 0.117. The topological polar surface area (TPSA) is 34.1 Å². The minimum Gasteiger partial charge on any atom is -0.380 e. The van der Waals surface area contributed by atoms with Gasteiger partial charge in [0.2, 0.25) is 0 Å². The number of hydrogen-bond donors (Lipinski definition) is 1. The minimum atomic E-state index is 0.272. The molecular weight excluding hydrogens is 184 g/mol. The van der Waals surface area contributed by atoms with Crippen molar-refractivity contribution >= 4 is 11.3 Å². The Kier molecular flexibility index (Phi) is 4.35. The van der Waals surface area contributed by atoms with Crippen molar-refractivity contribution in [1.82, 2.24) is 10.3 Å². The van der Waals surface area contributed by atoms with Crippen LogP contribution in [0, 0.1) is 6.92 Å². The summed E-state index contributed by atoms with van der Waals surface area (Å²) in [6, 6.07) is 0. The molecule has 0 aromatic carbocycles. The molecule has 0 fully saturated rings. The summed E-state index contributed by atoms with van der Waals surface area (Å²) in [6.07, 6.45) is 0.272. The van der Waals surface area contributed by atoms with E-state index >= 15 is 0 Å². The Bertz CT molecular complexity index is 250. The van der Waals surface area contributed by atoms with Gasteiger partial charge in [-0.15, -0.1) is 11.3 Å². The molecule has 1 N–H and O–H groups in total. The minimum absolute atomic E-state index is 0.272. The lowest BCUT2D eigenvalue weighted by Crippen LogP contribution is -2.25. The third kappa shape index (κ3) is 3.42. The van der Waals surface area contributed by atoms with Crippen LogP contribution in [0.15, 0.2) is 5.51 Å². The van der Waals surface area contributed by atoms with E-state index in [-0.39, 0.29) is 6.10 Å². The van der Waals surface area contributed by atoms with Crippen molar-refractivity contribution in [2.45, 2.75) is 26.5 Å². The fourth-order valence-electron chi connectivity index (χ4n) is 0.968. The van der Waals surface area contributed by atoms with Crippen LogP contribution in [-0.4, -0.2) is 24.7 Å². The molecule has 1 aromatic rings. The smallest absolute Gasteiger partial charge is 0.0798 e. The molecular formula is C9H16N2OS. The largest absolute Gasteiger partial charge is 0.380 e. The highest BCUT2D eigenvalue weighted by molar-refractivity contribution is 7.09. The number of nitrogens with one attached hydrogen (secondary N) is 1. The summed E-state index contributed by atoms with van der Waals surface area (Å²) >= 11 is 1.69. The molecule has 13 heavy (non-hydrogen) atoms. The second-order valence-electron chi connectivity index (χ2n) is 3.04. The summed E-state index contributed by atoms with van der Waals surface area (Å²) in [4.78, 5) is 5.49. The van der Waals surface area contributed by atoms with Crippen LogP contribution in [0.2, 0.25) is 0 Å². The van der Waals surface area contributed by atoms with Crippen LogP contribution in [0.4, 0.5) is 0 Å². The second-order valence-corrected chi connectivity index (χ2v) is 3.98. The summed E-state index contributed by atoms with van der Waals surface area (Å²) in [5, 5.41) is 3.32. The lowest BCUT2D eigenvalue weighted by Gasteiger charge is -2.09. The fourth-order valence-corrected chi connectivity index (χ4v) is 1.71. The van der Waals surface area contributed by atoms with Gasteiger partial charge in [0, 0.05) is 25.1 Å². The maximum atomic E-state index is 5.13. The zero-order valence-corrected chi connectivity index (χ0v) is 9.15. The molecule has 0 radical (unpaired) electrons. The number of thiazole rings is 1. The highest BCUT2D eigenvalue weighted by Gasteiger charge is 2.02. The zero-order valence-electron chi connectivity index (χ0n) is 8.33. The van der Waals surface area contributed by atoms with Crippen molar-refractivity contribution in [2.75, 3.05) is 13.7 Å². The van der Waals surface area contributed by atoms with Gasteiger partial charge in [0.15, 0.2) is 0 Å². The molecule has 0 spiro atoms. The number of nitrogens with zero attached hydrogens (tertiary/aromatic N) is 1. The van der Waals surface area contributed by atoms with Crippen molar-refractivity contribution in [3.63, 3.8) is 0 Å². The number of aryl methyl sites for hydroxylation is 1. The van der Waals surface area contributed by atoms with Gasteiger partial charge >= 0.3 is 0 Å². The zero-order chi connectivity index (χ0) is 9.68. The molecule has 0 bridgehead atoms. The Morgan fingerprint density at radius 1 is 1.69 bits per heavy atom. The summed E-state index contributed by atoms with van der Waals surface area (Å²) < 4.78 is 5.13. The number of aromatic nitrogens is 1. The van der Waals surface area contributed by atoms with Crippen molar-refractivity contribution in [3.05, 3.63) is 16.1 Å². The van der Waals surface area contributed by atoms with Gasteiger partial charge in [0.05, 0.1) is 17.3 Å². The van der Waals surface area contributed by atoms with Gasteiger partial charge in [-0.1, -0.05) is 0 Å². The Hall–Kier alpha value is -0.450. The third-order valence-electron chi connectivity index (χ3n) is 1.96. The predicted octanol–water partition coefficient (Wildman–Crippen LogP) is 1.58. The molecule has 0 amide bonds. The molecule has 3 nitrogen and oxygen atoms in total. The van der Waals surface area contributed by atoms with E-state index in [0.717, 1.165) is 18.8 Å². The van der Waals surface area contributed by atoms with Gasteiger partial charge in [-0.05, 0) is 13.8 Å². The van der Waals surface area contributed by atoms with Crippen LogP contribution in [0.3, 0.4) is 0 Å². The molecule has 1 atom stereocenters. The maximum absolute atomic E-state index is 5.13. The monoisotopic (exact) mass is 200 g/mol.